The fourth-order valence-corrected chi connectivity index (χ4v) is 3.51. The van der Waals surface area contributed by atoms with Gasteiger partial charge in [0.2, 0.25) is 0 Å². The Morgan fingerprint density at radius 3 is 3.00 bits per heavy atom. The molecule has 1 saturated heterocycles. The Hall–Kier alpha value is -0.860. The largest absolute Gasteiger partial charge is 0.381 e. The van der Waals surface area contributed by atoms with Crippen LogP contribution in [0.2, 0.25) is 0 Å². The van der Waals surface area contributed by atoms with E-state index in [1.165, 1.54) is 37.7 Å². The van der Waals surface area contributed by atoms with Crippen LogP contribution in [-0.2, 0) is 24.0 Å². The molecule has 1 aliphatic carbocycles. The van der Waals surface area contributed by atoms with Crippen molar-refractivity contribution in [3.63, 3.8) is 0 Å². The molecular formula is C17H25NO. The summed E-state index contributed by atoms with van der Waals surface area (Å²) in [7, 11) is 2.09. The van der Waals surface area contributed by atoms with Crippen molar-refractivity contribution in [1.82, 2.24) is 5.32 Å². The number of hydrogen-bond donors (Lipinski definition) is 1. The molecule has 1 N–H and O–H groups in total. The number of nitrogens with one attached hydrogen (secondary N) is 1. The highest BCUT2D eigenvalue weighted by molar-refractivity contribution is 5.35. The van der Waals surface area contributed by atoms with Crippen LogP contribution in [0.25, 0.3) is 0 Å². The molecule has 0 amide bonds. The fraction of sp³-hybridized carbons (Fsp3) is 0.647. The summed E-state index contributed by atoms with van der Waals surface area (Å²) in [5, 5.41) is 3.49. The highest BCUT2D eigenvalue weighted by Gasteiger charge is 2.20. The maximum absolute atomic E-state index is 5.49. The summed E-state index contributed by atoms with van der Waals surface area (Å²) in [5.41, 5.74) is 4.67. The van der Waals surface area contributed by atoms with Crippen molar-refractivity contribution in [3.05, 3.63) is 34.9 Å². The SMILES string of the molecule is CNC(Cc1ccc2c(c1)CCC2)CC1CCOC1. The van der Waals surface area contributed by atoms with E-state index >= 15 is 0 Å². The third kappa shape index (κ3) is 3.18. The molecule has 2 heteroatoms. The van der Waals surface area contributed by atoms with Crippen LogP contribution in [0, 0.1) is 5.92 Å². The normalized spacial score (nSPS) is 23.5. The molecule has 1 aromatic carbocycles. The first-order valence-corrected chi connectivity index (χ1v) is 7.71. The summed E-state index contributed by atoms with van der Waals surface area (Å²) < 4.78 is 5.49. The van der Waals surface area contributed by atoms with Gasteiger partial charge in [0.15, 0.2) is 0 Å². The Morgan fingerprint density at radius 2 is 2.21 bits per heavy atom. The van der Waals surface area contributed by atoms with Gasteiger partial charge in [0, 0.05) is 19.3 Å². The highest BCUT2D eigenvalue weighted by Crippen LogP contribution is 2.25. The molecule has 19 heavy (non-hydrogen) atoms. The second-order valence-electron chi connectivity index (χ2n) is 6.11. The van der Waals surface area contributed by atoms with Gasteiger partial charge in [-0.25, -0.2) is 0 Å². The lowest BCUT2D eigenvalue weighted by Gasteiger charge is -2.20. The van der Waals surface area contributed by atoms with Crippen LogP contribution >= 0.6 is 0 Å². The first-order valence-electron chi connectivity index (χ1n) is 7.71. The monoisotopic (exact) mass is 259 g/mol. The van der Waals surface area contributed by atoms with Gasteiger partial charge in [-0.15, -0.1) is 0 Å². The van der Waals surface area contributed by atoms with Gasteiger partial charge in [0.25, 0.3) is 0 Å². The molecule has 2 atom stereocenters. The highest BCUT2D eigenvalue weighted by atomic mass is 16.5. The van der Waals surface area contributed by atoms with Gasteiger partial charge in [-0.2, -0.15) is 0 Å². The van der Waals surface area contributed by atoms with E-state index in [0.717, 1.165) is 25.6 Å². The summed E-state index contributed by atoms with van der Waals surface area (Å²) in [5.74, 6) is 0.756. The van der Waals surface area contributed by atoms with Crippen LogP contribution in [0.3, 0.4) is 0 Å². The first-order chi connectivity index (χ1) is 9.35. The van der Waals surface area contributed by atoms with E-state index in [2.05, 4.69) is 30.6 Å². The van der Waals surface area contributed by atoms with E-state index in [9.17, 15) is 0 Å². The second kappa shape index (κ2) is 6.06. The van der Waals surface area contributed by atoms with Crippen LogP contribution in [-0.4, -0.2) is 26.3 Å². The number of hydrogen-bond acceptors (Lipinski definition) is 2. The summed E-state index contributed by atoms with van der Waals surface area (Å²) in [6, 6.07) is 7.71. The molecule has 1 fully saturated rings. The molecule has 1 aromatic rings. The Morgan fingerprint density at radius 1 is 1.32 bits per heavy atom. The minimum absolute atomic E-state index is 0.589. The van der Waals surface area contributed by atoms with Gasteiger partial charge in [0.1, 0.15) is 0 Å². The molecule has 0 saturated carbocycles. The Labute approximate surface area is 116 Å². The van der Waals surface area contributed by atoms with Gasteiger partial charge in [-0.1, -0.05) is 18.2 Å². The summed E-state index contributed by atoms with van der Waals surface area (Å²) in [4.78, 5) is 0. The van der Waals surface area contributed by atoms with E-state index in [0.29, 0.717) is 6.04 Å². The van der Waals surface area contributed by atoms with Crippen LogP contribution in [0.1, 0.15) is 36.0 Å². The molecule has 1 heterocycles. The predicted octanol–water partition coefficient (Wildman–Crippen LogP) is 2.73. The first kappa shape index (κ1) is 13.1. The standard InChI is InChI=1S/C17H25NO/c1-18-17(11-14-7-8-19-12-14)10-13-5-6-15-3-2-4-16(15)9-13/h5-6,9,14,17-18H,2-4,7-8,10-12H2,1H3. The van der Waals surface area contributed by atoms with Crippen molar-refractivity contribution >= 4 is 0 Å². The van der Waals surface area contributed by atoms with Gasteiger partial charge in [0.05, 0.1) is 0 Å². The van der Waals surface area contributed by atoms with E-state index in [1.807, 2.05) is 0 Å². The van der Waals surface area contributed by atoms with Gasteiger partial charge in [-0.3, -0.25) is 0 Å². The van der Waals surface area contributed by atoms with E-state index in [4.69, 9.17) is 4.74 Å². The van der Waals surface area contributed by atoms with Crippen LogP contribution in [0.15, 0.2) is 18.2 Å². The summed E-state index contributed by atoms with van der Waals surface area (Å²) in [6.45, 7) is 1.92. The molecule has 0 aromatic heterocycles. The molecule has 1 aliphatic heterocycles. The lowest BCUT2D eigenvalue weighted by atomic mass is 9.93. The zero-order valence-electron chi connectivity index (χ0n) is 12.0. The third-order valence-corrected chi connectivity index (χ3v) is 4.70. The van der Waals surface area contributed by atoms with Crippen molar-refractivity contribution < 1.29 is 4.74 Å². The number of likely N-dealkylation sites (N-methyl/N-ethyl adjacent to an activating group) is 1. The molecule has 0 bridgehead atoms. The van der Waals surface area contributed by atoms with Crippen molar-refractivity contribution in [1.29, 1.82) is 0 Å². The van der Waals surface area contributed by atoms with Crippen molar-refractivity contribution in [2.45, 2.75) is 44.6 Å². The van der Waals surface area contributed by atoms with Crippen LogP contribution in [0.5, 0.6) is 0 Å². The maximum atomic E-state index is 5.49. The van der Waals surface area contributed by atoms with Crippen molar-refractivity contribution in [3.8, 4) is 0 Å². The number of aryl methyl sites for hydroxylation is 2. The number of rotatable bonds is 5. The average Bonchev–Trinajstić information content (AvgIpc) is 3.08. The Balaban J connectivity index is 1.61. The van der Waals surface area contributed by atoms with Crippen LogP contribution < -0.4 is 5.32 Å². The Bertz CT molecular complexity index is 423. The summed E-state index contributed by atoms with van der Waals surface area (Å²) in [6.07, 6.45) is 7.54. The number of benzene rings is 1. The third-order valence-electron chi connectivity index (χ3n) is 4.70. The molecular weight excluding hydrogens is 234 g/mol. The molecule has 2 unspecified atom stereocenters. The van der Waals surface area contributed by atoms with Crippen LogP contribution in [0.4, 0.5) is 0 Å². The predicted molar refractivity (Wildman–Crippen MR) is 78.6 cm³/mol. The number of ether oxygens (including phenoxy) is 1. The Kier molecular flexibility index (Phi) is 4.19. The second-order valence-corrected chi connectivity index (χ2v) is 6.11. The smallest absolute Gasteiger partial charge is 0.0495 e. The van der Waals surface area contributed by atoms with E-state index in [-0.39, 0.29) is 0 Å². The van der Waals surface area contributed by atoms with Gasteiger partial charge in [-0.05, 0) is 68.2 Å². The van der Waals surface area contributed by atoms with Gasteiger partial charge < -0.3 is 10.1 Å². The minimum atomic E-state index is 0.589. The topological polar surface area (TPSA) is 21.3 Å². The zero-order valence-corrected chi connectivity index (χ0v) is 12.0. The average molecular weight is 259 g/mol. The molecule has 0 spiro atoms. The zero-order chi connectivity index (χ0) is 13.1. The minimum Gasteiger partial charge on any atom is -0.381 e. The molecule has 2 nitrogen and oxygen atoms in total. The maximum Gasteiger partial charge on any atom is 0.0495 e. The molecule has 2 aliphatic rings. The van der Waals surface area contributed by atoms with E-state index in [1.54, 1.807) is 11.1 Å². The molecule has 0 radical (unpaired) electrons. The lowest BCUT2D eigenvalue weighted by molar-refractivity contribution is 0.181. The summed E-state index contributed by atoms with van der Waals surface area (Å²) >= 11 is 0. The van der Waals surface area contributed by atoms with Gasteiger partial charge >= 0.3 is 0 Å². The number of fused-ring (bicyclic) bond motifs is 1. The molecule has 3 rings (SSSR count). The fourth-order valence-electron chi connectivity index (χ4n) is 3.51. The molecule has 104 valence electrons. The van der Waals surface area contributed by atoms with Crippen molar-refractivity contribution in [2.24, 2.45) is 5.92 Å². The quantitative estimate of drug-likeness (QED) is 0.878. The van der Waals surface area contributed by atoms with E-state index < -0.39 is 0 Å². The van der Waals surface area contributed by atoms with Crippen molar-refractivity contribution in [2.75, 3.05) is 20.3 Å². The lowest BCUT2D eigenvalue weighted by Crippen LogP contribution is -2.30.